The summed E-state index contributed by atoms with van der Waals surface area (Å²) in [6.07, 6.45) is 34.0. The molecule has 0 aliphatic carbocycles. The highest BCUT2D eigenvalue weighted by atomic mass is 16.8. The molecule has 0 aromatic carbocycles. The first kappa shape index (κ1) is 76.0. The number of ether oxygens (including phenoxy) is 6. The molecule has 19 nitrogen and oxygen atoms in total. The summed E-state index contributed by atoms with van der Waals surface area (Å²) in [5.74, 6) is -0.261. The van der Waals surface area contributed by atoms with E-state index < -0.39 is 124 Å². The van der Waals surface area contributed by atoms with Crippen LogP contribution in [0.5, 0.6) is 0 Å². The lowest BCUT2D eigenvalue weighted by atomic mass is 9.96. The number of hydrogen-bond acceptors (Lipinski definition) is 18. The number of rotatable bonds is 46. The van der Waals surface area contributed by atoms with Crippen molar-refractivity contribution in [1.82, 2.24) is 5.32 Å². The molecular formula is C66H111NO18. The summed E-state index contributed by atoms with van der Waals surface area (Å²) < 4.78 is 34.2. The van der Waals surface area contributed by atoms with Crippen molar-refractivity contribution >= 4 is 5.91 Å². The maximum absolute atomic E-state index is 13.3. The fraction of sp³-hybridized carbons (Fsp3) is 0.742. The minimum absolute atomic E-state index is 0.249. The van der Waals surface area contributed by atoms with E-state index in [2.05, 4.69) is 116 Å². The highest BCUT2D eigenvalue weighted by Gasteiger charge is 2.53. The topological polar surface area (TPSA) is 307 Å². The molecule has 3 rings (SSSR count). The van der Waals surface area contributed by atoms with Gasteiger partial charge in [0.15, 0.2) is 18.9 Å². The maximum atomic E-state index is 13.3. The van der Waals surface area contributed by atoms with Crippen molar-refractivity contribution in [1.29, 1.82) is 0 Å². The lowest BCUT2D eigenvalue weighted by molar-refractivity contribution is -0.379. The first-order valence-electron chi connectivity index (χ1n) is 32.0. The Balaban J connectivity index is 1.34. The van der Waals surface area contributed by atoms with E-state index in [1.807, 2.05) is 0 Å². The molecule has 0 radical (unpaired) electrons. The third kappa shape index (κ3) is 30.7. The second kappa shape index (κ2) is 47.7. The minimum Gasteiger partial charge on any atom is -0.394 e. The van der Waals surface area contributed by atoms with E-state index >= 15 is 0 Å². The molecule has 0 aromatic rings. The van der Waals surface area contributed by atoms with E-state index in [1.165, 1.54) is 19.3 Å². The zero-order valence-corrected chi connectivity index (χ0v) is 51.0. The van der Waals surface area contributed by atoms with Crippen LogP contribution in [-0.2, 0) is 33.2 Å². The van der Waals surface area contributed by atoms with Crippen molar-refractivity contribution in [2.24, 2.45) is 0 Å². The van der Waals surface area contributed by atoms with Crippen LogP contribution in [0.25, 0.3) is 0 Å². The van der Waals surface area contributed by atoms with Crippen molar-refractivity contribution in [3.8, 4) is 0 Å². The van der Waals surface area contributed by atoms with Crippen LogP contribution in [0.4, 0.5) is 0 Å². The van der Waals surface area contributed by atoms with E-state index in [0.717, 1.165) is 128 Å². The Labute approximate surface area is 507 Å². The molecule has 17 unspecified atom stereocenters. The first-order chi connectivity index (χ1) is 41.3. The molecule has 17 atom stereocenters. The average molecular weight is 1210 g/mol. The van der Waals surface area contributed by atoms with Crippen LogP contribution in [0.3, 0.4) is 0 Å². The number of amides is 1. The highest BCUT2D eigenvalue weighted by molar-refractivity contribution is 5.76. The van der Waals surface area contributed by atoms with Gasteiger partial charge in [0.1, 0.15) is 73.2 Å². The van der Waals surface area contributed by atoms with Gasteiger partial charge in [-0.3, -0.25) is 4.79 Å². The molecule has 19 heteroatoms. The summed E-state index contributed by atoms with van der Waals surface area (Å²) in [5.41, 5.74) is 0. The fourth-order valence-electron chi connectivity index (χ4n) is 10.2. The number of aliphatic hydroxyl groups is 11. The Morgan fingerprint density at radius 1 is 0.435 bits per heavy atom. The van der Waals surface area contributed by atoms with Gasteiger partial charge in [0.25, 0.3) is 0 Å². The molecule has 488 valence electrons. The van der Waals surface area contributed by atoms with Gasteiger partial charge in [-0.15, -0.1) is 0 Å². The Bertz CT molecular complexity index is 1920. The summed E-state index contributed by atoms with van der Waals surface area (Å²) in [4.78, 5) is 13.3. The number of hydrogen-bond donors (Lipinski definition) is 12. The SMILES string of the molecule is CC/C=C\C/C=C\C/C=C\C/C=C\C/C=C\C/C=C\C/C=C\C/C=C\CCCCCCCCCCC(=O)NC(COC1OC(CO)C(OC2OC(CO)C(OC3OC(CO)C(O)C(O)C3O)C(O)C2O)C(O)C1O)C(O)CCCCCCCCC. The number of allylic oxidation sites excluding steroid dienone is 16. The van der Waals surface area contributed by atoms with Gasteiger partial charge in [0.05, 0.1) is 38.6 Å². The number of unbranched alkanes of at least 4 members (excludes halogenated alkanes) is 14. The third-order valence-corrected chi connectivity index (χ3v) is 15.4. The second-order valence-corrected chi connectivity index (χ2v) is 22.5. The zero-order chi connectivity index (χ0) is 61.9. The number of carbonyl (C=O) groups excluding carboxylic acids is 1. The number of nitrogens with one attached hydrogen (secondary N) is 1. The van der Waals surface area contributed by atoms with Crippen LogP contribution in [0.15, 0.2) is 97.2 Å². The average Bonchev–Trinajstić information content (AvgIpc) is 3.70. The van der Waals surface area contributed by atoms with Gasteiger partial charge in [0.2, 0.25) is 5.91 Å². The van der Waals surface area contributed by atoms with Gasteiger partial charge in [-0.1, -0.05) is 195 Å². The molecule has 3 fully saturated rings. The zero-order valence-electron chi connectivity index (χ0n) is 51.0. The molecule has 1 amide bonds. The van der Waals surface area contributed by atoms with E-state index in [0.29, 0.717) is 12.8 Å². The molecular weight excluding hydrogens is 1090 g/mol. The maximum Gasteiger partial charge on any atom is 0.220 e. The molecule has 0 aromatic heterocycles. The Morgan fingerprint density at radius 2 is 0.812 bits per heavy atom. The fourth-order valence-corrected chi connectivity index (χ4v) is 10.2. The van der Waals surface area contributed by atoms with E-state index in [-0.39, 0.29) is 18.9 Å². The first-order valence-corrected chi connectivity index (χ1v) is 32.0. The van der Waals surface area contributed by atoms with E-state index in [9.17, 15) is 61.0 Å². The van der Waals surface area contributed by atoms with Crippen molar-refractivity contribution in [2.75, 3.05) is 26.4 Å². The van der Waals surface area contributed by atoms with Gasteiger partial charge in [-0.05, 0) is 77.0 Å². The van der Waals surface area contributed by atoms with Gasteiger partial charge >= 0.3 is 0 Å². The van der Waals surface area contributed by atoms with Crippen molar-refractivity contribution < 1.29 is 89.4 Å². The molecule has 0 bridgehead atoms. The van der Waals surface area contributed by atoms with Crippen molar-refractivity contribution in [3.63, 3.8) is 0 Å². The smallest absolute Gasteiger partial charge is 0.220 e. The quantitative estimate of drug-likeness (QED) is 0.0217. The minimum atomic E-state index is -1.98. The molecule has 3 heterocycles. The van der Waals surface area contributed by atoms with Gasteiger partial charge in [-0.2, -0.15) is 0 Å². The van der Waals surface area contributed by atoms with Crippen LogP contribution < -0.4 is 5.32 Å². The van der Waals surface area contributed by atoms with Gasteiger partial charge < -0.3 is 89.9 Å². The molecule has 0 saturated carbocycles. The largest absolute Gasteiger partial charge is 0.394 e. The lowest BCUT2D eigenvalue weighted by Crippen LogP contribution is -2.66. The summed E-state index contributed by atoms with van der Waals surface area (Å²) >= 11 is 0. The molecule has 0 spiro atoms. The van der Waals surface area contributed by atoms with E-state index in [1.54, 1.807) is 0 Å². The monoisotopic (exact) mass is 1210 g/mol. The molecule has 3 aliphatic heterocycles. The summed E-state index contributed by atoms with van der Waals surface area (Å²) in [5, 5.41) is 120. The predicted octanol–water partition coefficient (Wildman–Crippen LogP) is 6.93. The van der Waals surface area contributed by atoms with Crippen LogP contribution >= 0.6 is 0 Å². The predicted molar refractivity (Wildman–Crippen MR) is 327 cm³/mol. The van der Waals surface area contributed by atoms with Crippen LogP contribution in [-0.4, -0.2) is 193 Å². The van der Waals surface area contributed by atoms with E-state index in [4.69, 9.17) is 28.4 Å². The lowest BCUT2D eigenvalue weighted by Gasteiger charge is -2.48. The normalized spacial score (nSPS) is 29.6. The molecule has 3 aliphatic rings. The van der Waals surface area contributed by atoms with Gasteiger partial charge in [-0.25, -0.2) is 0 Å². The summed E-state index contributed by atoms with van der Waals surface area (Å²) in [7, 11) is 0. The molecule has 3 saturated heterocycles. The van der Waals surface area contributed by atoms with Crippen LogP contribution in [0, 0.1) is 0 Å². The second-order valence-electron chi connectivity index (χ2n) is 22.5. The Kier molecular flexibility index (Phi) is 42.6. The van der Waals surface area contributed by atoms with Crippen LogP contribution in [0.2, 0.25) is 0 Å². The number of carbonyl (C=O) groups is 1. The van der Waals surface area contributed by atoms with Gasteiger partial charge in [0, 0.05) is 6.42 Å². The van der Waals surface area contributed by atoms with Crippen LogP contribution in [0.1, 0.15) is 181 Å². The third-order valence-electron chi connectivity index (χ3n) is 15.4. The standard InChI is InChI=1S/C66H111NO18/c1-3-5-7-9-11-12-13-14-15-16-17-18-19-20-21-22-23-24-25-26-27-28-29-30-31-32-33-34-35-36-38-40-42-44-54(72)67-49(50(71)43-41-39-37-10-8-6-4-2)48-80-64-60(78)57(75)62(52(46-69)82-64)85-66-61(79)58(76)63(53(47-70)83-66)84-65-59(77)56(74)55(73)51(45-68)81-65/h5,7,11-12,14-15,17-18,20-21,23-24,26-27,29-30,49-53,55-66,68-71,73-79H,3-4,6,8-10,13,16,19,22,25,28,31-48H2,1-2H3,(H,67,72)/b7-5-,12-11-,15-14-,18-17-,21-20-,24-23-,27-26-,30-29-. The summed E-state index contributed by atoms with van der Waals surface area (Å²) in [6, 6.07) is -0.895. The molecule has 85 heavy (non-hydrogen) atoms. The highest BCUT2D eigenvalue weighted by Crippen LogP contribution is 2.33. The Hall–Kier alpha value is -3.29. The van der Waals surface area contributed by atoms with Crippen molar-refractivity contribution in [2.45, 2.75) is 285 Å². The summed E-state index contributed by atoms with van der Waals surface area (Å²) in [6.45, 7) is 1.58. The number of aliphatic hydroxyl groups excluding tert-OH is 11. The van der Waals surface area contributed by atoms with Crippen molar-refractivity contribution in [3.05, 3.63) is 97.2 Å². The Morgan fingerprint density at radius 3 is 1.27 bits per heavy atom. The molecule has 12 N–H and O–H groups in total.